The van der Waals surface area contributed by atoms with Gasteiger partial charge >= 0.3 is 6.18 Å². The van der Waals surface area contributed by atoms with E-state index in [1.165, 1.54) is 6.26 Å². The molecule has 2 saturated carbocycles. The van der Waals surface area contributed by atoms with Gasteiger partial charge in [-0.2, -0.15) is 13.2 Å². The van der Waals surface area contributed by atoms with Gasteiger partial charge in [-0.15, -0.1) is 0 Å². The van der Waals surface area contributed by atoms with E-state index in [9.17, 15) is 18.0 Å². The molecule has 1 aliphatic heterocycles. The third kappa shape index (κ3) is 7.17. The summed E-state index contributed by atoms with van der Waals surface area (Å²) in [5.41, 5.74) is 0.00770. The molecule has 11 heteroatoms. The van der Waals surface area contributed by atoms with Crippen LogP contribution in [0.1, 0.15) is 51.4 Å². The number of ether oxygens (including phenoxy) is 2. The van der Waals surface area contributed by atoms with Crippen molar-refractivity contribution >= 4 is 5.91 Å². The molecular formula is C26H41F3N4O4. The molecule has 7 atom stereocenters. The zero-order valence-electron chi connectivity index (χ0n) is 21.8. The van der Waals surface area contributed by atoms with Crippen LogP contribution in [0.25, 0.3) is 0 Å². The number of piperidine rings is 1. The molecule has 210 valence electrons. The number of halogens is 3. The molecule has 1 saturated heterocycles. The largest absolute Gasteiger partial charge is 0.432 e. The van der Waals surface area contributed by atoms with E-state index >= 15 is 0 Å². The van der Waals surface area contributed by atoms with Gasteiger partial charge in [0.05, 0.1) is 12.2 Å². The number of hydrogen-bond acceptors (Lipinski definition) is 6. The molecule has 4 rings (SSSR count). The lowest BCUT2D eigenvalue weighted by atomic mass is 9.66. The van der Waals surface area contributed by atoms with Gasteiger partial charge in [0, 0.05) is 39.4 Å². The molecule has 0 bridgehead atoms. The van der Waals surface area contributed by atoms with Crippen LogP contribution in [-0.4, -0.2) is 62.2 Å². The molecular weight excluding hydrogens is 489 g/mol. The third-order valence-corrected chi connectivity index (χ3v) is 8.76. The first-order valence-electron chi connectivity index (χ1n) is 13.5. The maximum absolute atomic E-state index is 13.9. The monoisotopic (exact) mass is 530 g/mol. The van der Waals surface area contributed by atoms with Crippen molar-refractivity contribution in [1.82, 2.24) is 15.2 Å². The number of oxazole rings is 1. The lowest BCUT2D eigenvalue weighted by Crippen LogP contribution is -2.54. The van der Waals surface area contributed by atoms with Crippen molar-refractivity contribution in [2.75, 3.05) is 27.3 Å². The van der Waals surface area contributed by atoms with E-state index in [-0.39, 0.29) is 47.5 Å². The molecule has 3 N–H and O–H groups in total. The van der Waals surface area contributed by atoms with Gasteiger partial charge in [0.15, 0.2) is 0 Å². The normalized spacial score (nSPS) is 35.3. The number of alkyl halides is 3. The van der Waals surface area contributed by atoms with Gasteiger partial charge in [-0.1, -0.05) is 0 Å². The molecule has 1 amide bonds. The van der Waals surface area contributed by atoms with Gasteiger partial charge in [-0.3, -0.25) is 14.8 Å². The summed E-state index contributed by atoms with van der Waals surface area (Å²) in [7, 11) is 3.38. The van der Waals surface area contributed by atoms with Crippen molar-refractivity contribution in [3.8, 4) is 0 Å². The Balaban J connectivity index is 1.45. The molecule has 37 heavy (non-hydrogen) atoms. The fraction of sp³-hybridized carbons (Fsp3) is 0.846. The number of hydrogen-bond donors (Lipinski definition) is 3. The summed E-state index contributed by atoms with van der Waals surface area (Å²) in [6.07, 6.45) is 4.34. The smallest absolute Gasteiger partial charge is 0.404 e. The second-order valence-electron chi connectivity index (χ2n) is 11.2. The second kappa shape index (κ2) is 12.3. The first kappa shape index (κ1) is 28.2. The average Bonchev–Trinajstić information content (AvgIpc) is 3.30. The van der Waals surface area contributed by atoms with Crippen molar-refractivity contribution in [3.63, 3.8) is 0 Å². The quantitative estimate of drug-likeness (QED) is 0.478. The highest BCUT2D eigenvalue weighted by molar-refractivity contribution is 5.78. The molecule has 0 radical (unpaired) electrons. The van der Waals surface area contributed by atoms with Crippen LogP contribution in [0, 0.1) is 35.0 Å². The summed E-state index contributed by atoms with van der Waals surface area (Å²) in [6.45, 7) is 1.33. The van der Waals surface area contributed by atoms with Crippen LogP contribution in [0.3, 0.4) is 0 Å². The summed E-state index contributed by atoms with van der Waals surface area (Å²) >= 11 is 0. The maximum Gasteiger partial charge on any atom is 0.404 e. The van der Waals surface area contributed by atoms with Gasteiger partial charge in [-0.05, 0) is 81.6 Å². The standard InChI is InChI=1S/C26H41F3N4O4/c1-35-20-10-16(11-21(13-20)36-2)14-32-24(34)19-9-17(15-33-6-7-37-25(33)30)8-18(12-19)22-4-3-5-31-23(22)26(27,28)29/h6-7,16-23,30-31H,3-5,8-15H2,1-2H3,(H,32,34). The van der Waals surface area contributed by atoms with Crippen LogP contribution in [0.15, 0.2) is 16.9 Å². The number of carbonyl (C=O) groups excluding carboxylic acids is 1. The number of aromatic nitrogens is 1. The van der Waals surface area contributed by atoms with Gasteiger partial charge in [0.1, 0.15) is 12.3 Å². The van der Waals surface area contributed by atoms with E-state index in [0.29, 0.717) is 51.7 Å². The topological polar surface area (TPSA) is 102 Å². The first-order valence-corrected chi connectivity index (χ1v) is 13.5. The zero-order valence-corrected chi connectivity index (χ0v) is 21.8. The van der Waals surface area contributed by atoms with Gasteiger partial charge in [0.2, 0.25) is 5.91 Å². The Hall–Kier alpha value is -1.85. The first-order chi connectivity index (χ1) is 17.7. The predicted octanol–water partition coefficient (Wildman–Crippen LogP) is 3.47. The Bertz CT molecular complexity index is 923. The van der Waals surface area contributed by atoms with E-state index in [1.807, 2.05) is 0 Å². The summed E-state index contributed by atoms with van der Waals surface area (Å²) in [4.78, 5) is 13.4. The molecule has 3 aliphatic rings. The summed E-state index contributed by atoms with van der Waals surface area (Å²) in [5.74, 6) is -1.00. The molecule has 7 unspecified atom stereocenters. The minimum Gasteiger partial charge on any atom is -0.432 e. The Morgan fingerprint density at radius 1 is 1.14 bits per heavy atom. The highest BCUT2D eigenvalue weighted by Gasteiger charge is 2.50. The van der Waals surface area contributed by atoms with Crippen molar-refractivity contribution in [2.24, 2.45) is 29.6 Å². The molecule has 2 heterocycles. The summed E-state index contributed by atoms with van der Waals surface area (Å²) < 4.78 is 59.6. The van der Waals surface area contributed by atoms with Crippen LogP contribution >= 0.6 is 0 Å². The van der Waals surface area contributed by atoms with Gasteiger partial charge < -0.3 is 24.5 Å². The van der Waals surface area contributed by atoms with Crippen LogP contribution in [0.5, 0.6) is 0 Å². The van der Waals surface area contributed by atoms with Crippen LogP contribution < -0.4 is 16.3 Å². The summed E-state index contributed by atoms with van der Waals surface area (Å²) in [5, 5.41) is 13.8. The number of carbonyl (C=O) groups is 1. The highest BCUT2D eigenvalue weighted by Crippen LogP contribution is 2.44. The van der Waals surface area contributed by atoms with Crippen molar-refractivity contribution in [2.45, 2.75) is 82.3 Å². The van der Waals surface area contributed by atoms with Gasteiger partial charge in [0.25, 0.3) is 5.68 Å². The maximum atomic E-state index is 13.9. The van der Waals surface area contributed by atoms with E-state index in [0.717, 1.165) is 19.3 Å². The number of amides is 1. The molecule has 1 aromatic heterocycles. The summed E-state index contributed by atoms with van der Waals surface area (Å²) in [6, 6.07) is -1.54. The van der Waals surface area contributed by atoms with Crippen LogP contribution in [-0.2, 0) is 20.8 Å². The lowest BCUT2D eigenvalue weighted by Gasteiger charge is -2.44. The highest BCUT2D eigenvalue weighted by atomic mass is 19.4. The van der Waals surface area contributed by atoms with Crippen molar-refractivity contribution in [3.05, 3.63) is 18.1 Å². The number of nitrogens with zero attached hydrogens (tertiary/aromatic N) is 1. The van der Waals surface area contributed by atoms with E-state index in [2.05, 4.69) is 10.6 Å². The van der Waals surface area contributed by atoms with E-state index in [1.54, 1.807) is 25.0 Å². The Labute approximate surface area is 216 Å². The van der Waals surface area contributed by atoms with E-state index in [4.69, 9.17) is 19.3 Å². The Morgan fingerprint density at radius 3 is 2.49 bits per heavy atom. The van der Waals surface area contributed by atoms with Crippen molar-refractivity contribution < 1.29 is 31.9 Å². The lowest BCUT2D eigenvalue weighted by molar-refractivity contribution is -0.179. The zero-order chi connectivity index (χ0) is 26.6. The minimum atomic E-state index is -4.32. The minimum absolute atomic E-state index is 0.00770. The molecule has 1 aromatic rings. The third-order valence-electron chi connectivity index (χ3n) is 8.76. The van der Waals surface area contributed by atoms with Crippen molar-refractivity contribution in [1.29, 1.82) is 5.41 Å². The molecule has 2 aliphatic carbocycles. The molecule has 0 spiro atoms. The second-order valence-corrected chi connectivity index (χ2v) is 11.2. The van der Waals surface area contributed by atoms with Gasteiger partial charge in [-0.25, -0.2) is 0 Å². The number of methoxy groups -OCH3 is 2. The Morgan fingerprint density at radius 2 is 1.86 bits per heavy atom. The van der Waals surface area contributed by atoms with Crippen LogP contribution in [0.2, 0.25) is 0 Å². The van der Waals surface area contributed by atoms with E-state index < -0.39 is 18.1 Å². The number of rotatable bonds is 8. The molecule has 8 nitrogen and oxygen atoms in total. The molecule has 0 aromatic carbocycles. The van der Waals surface area contributed by atoms with Crippen LogP contribution in [0.4, 0.5) is 13.2 Å². The SMILES string of the molecule is COC1CC(CNC(=O)C2CC(Cn3ccoc3=N)CC(C3CCCNC3C(F)(F)F)C2)CC(OC)C1. The fourth-order valence-electron chi connectivity index (χ4n) is 6.97. The Kier molecular flexibility index (Phi) is 9.39. The molecule has 3 fully saturated rings. The fourth-order valence-corrected chi connectivity index (χ4v) is 6.97. The average molecular weight is 531 g/mol. The number of nitrogens with one attached hydrogen (secondary N) is 3. The predicted molar refractivity (Wildman–Crippen MR) is 129 cm³/mol.